The van der Waals surface area contributed by atoms with Gasteiger partial charge < -0.3 is 0 Å². The maximum atomic E-state index is 2.39. The van der Waals surface area contributed by atoms with Crippen molar-refractivity contribution in [1.82, 2.24) is 0 Å². The van der Waals surface area contributed by atoms with Gasteiger partial charge in [0.25, 0.3) is 0 Å². The molecule has 1 unspecified atom stereocenters. The fraction of sp³-hybridized carbons (Fsp3) is 0.333. The van der Waals surface area contributed by atoms with Crippen LogP contribution >= 0.6 is 7.53 Å². The fourth-order valence-corrected chi connectivity index (χ4v) is 3.98. The van der Waals surface area contributed by atoms with E-state index in [1.165, 1.54) is 5.39 Å². The van der Waals surface area contributed by atoms with E-state index >= 15 is 0 Å². The van der Waals surface area contributed by atoms with Crippen molar-refractivity contribution in [3.05, 3.63) is 36.1 Å². The lowest BCUT2D eigenvalue weighted by Crippen LogP contribution is -1.98. The number of fused-ring (bicyclic) bond motifs is 1. The lowest BCUT2D eigenvalue weighted by molar-refractivity contribution is 0.720. The van der Waals surface area contributed by atoms with Crippen molar-refractivity contribution in [2.75, 3.05) is 0 Å². The fourth-order valence-electron chi connectivity index (χ4n) is 1.67. The van der Waals surface area contributed by atoms with Crippen molar-refractivity contribution in [2.24, 2.45) is 0 Å². The van der Waals surface area contributed by atoms with Crippen LogP contribution in [0.15, 0.2) is 36.1 Å². The Bertz CT molecular complexity index is 418. The van der Waals surface area contributed by atoms with Crippen LogP contribution in [-0.2, 0) is 5.16 Å². The Morgan fingerprint density at radius 1 is 1.00 bits per heavy atom. The Hall–Kier alpha value is -0.740. The summed E-state index contributed by atoms with van der Waals surface area (Å²) in [5, 5.41) is 3.37. The van der Waals surface area contributed by atoms with Gasteiger partial charge in [0, 0.05) is 10.3 Å². The summed E-state index contributed by atoms with van der Waals surface area (Å²) >= 11 is 0. The second kappa shape index (κ2) is 2.89. The molecule has 0 radical (unpaired) electrons. The zero-order valence-corrected chi connectivity index (χ0v) is 9.31. The van der Waals surface area contributed by atoms with E-state index in [9.17, 15) is 0 Å². The molecule has 68 valence electrons. The van der Waals surface area contributed by atoms with Crippen LogP contribution < -0.4 is 0 Å². The van der Waals surface area contributed by atoms with Gasteiger partial charge in [-0.25, -0.2) is 0 Å². The average Bonchev–Trinajstić information content (AvgIpc) is 2.45. The van der Waals surface area contributed by atoms with Gasteiger partial charge in [-0.05, 0) is 11.2 Å². The summed E-state index contributed by atoms with van der Waals surface area (Å²) in [6.45, 7) is 6.97. The summed E-state index contributed by atoms with van der Waals surface area (Å²) in [6.07, 6.45) is 0. The SMILES string of the molecule is CC(C)(C)p1ccc2ccccc21. The Kier molecular flexibility index (Phi) is 1.96. The van der Waals surface area contributed by atoms with Crippen molar-refractivity contribution in [3.8, 4) is 0 Å². The molecular weight excluding hydrogens is 175 g/mol. The van der Waals surface area contributed by atoms with Crippen molar-refractivity contribution in [3.63, 3.8) is 0 Å². The van der Waals surface area contributed by atoms with Gasteiger partial charge in [0.15, 0.2) is 0 Å². The van der Waals surface area contributed by atoms with Gasteiger partial charge in [-0.3, -0.25) is 0 Å². The van der Waals surface area contributed by atoms with Gasteiger partial charge in [0.1, 0.15) is 0 Å². The quantitative estimate of drug-likeness (QED) is 0.570. The zero-order valence-electron chi connectivity index (χ0n) is 8.41. The Morgan fingerprint density at radius 3 is 2.38 bits per heavy atom. The van der Waals surface area contributed by atoms with Crippen LogP contribution in [0.1, 0.15) is 20.8 Å². The maximum absolute atomic E-state index is 2.39. The molecule has 1 heteroatoms. The third-order valence-corrected chi connectivity index (χ3v) is 5.14. The first-order valence-electron chi connectivity index (χ1n) is 4.65. The third kappa shape index (κ3) is 1.51. The summed E-state index contributed by atoms with van der Waals surface area (Å²) < 4.78 is 0. The first-order valence-corrected chi connectivity index (χ1v) is 6.07. The van der Waals surface area contributed by atoms with E-state index in [4.69, 9.17) is 0 Å². The summed E-state index contributed by atoms with van der Waals surface area (Å²) in [5.41, 5.74) is 0. The first-order chi connectivity index (χ1) is 6.09. The molecular formula is C12H15P. The molecule has 1 aromatic carbocycles. The van der Waals surface area contributed by atoms with Gasteiger partial charge in [-0.2, -0.15) is 0 Å². The highest BCUT2D eigenvalue weighted by atomic mass is 31.1. The maximum Gasteiger partial charge on any atom is 0.00167 e. The Balaban J connectivity index is 2.72. The molecule has 0 aliphatic rings. The van der Waals surface area contributed by atoms with Crippen LogP contribution in [0.3, 0.4) is 0 Å². The molecule has 0 saturated carbocycles. The van der Waals surface area contributed by atoms with Crippen LogP contribution in [0.2, 0.25) is 0 Å². The van der Waals surface area contributed by atoms with Crippen LogP contribution in [0, 0.1) is 0 Å². The Morgan fingerprint density at radius 2 is 1.69 bits per heavy atom. The summed E-state index contributed by atoms with van der Waals surface area (Å²) in [6, 6.07) is 11.0. The number of hydrogen-bond donors (Lipinski definition) is 0. The normalized spacial score (nSPS) is 13.6. The highest BCUT2D eigenvalue weighted by Gasteiger charge is 2.15. The van der Waals surface area contributed by atoms with E-state index in [1.54, 1.807) is 5.12 Å². The standard InChI is InChI=1S/C12H15P/c1-12(2,3)13-9-8-10-6-4-5-7-11(10)13/h4-9H,1-3H3. The minimum absolute atomic E-state index is 0.0826. The number of hydrogen-bond acceptors (Lipinski definition) is 0. The summed E-state index contributed by atoms with van der Waals surface area (Å²) in [7, 11) is -0.0826. The van der Waals surface area contributed by atoms with Crippen molar-refractivity contribution in [2.45, 2.75) is 25.9 Å². The topological polar surface area (TPSA) is 0 Å². The Labute approximate surface area is 80.6 Å². The van der Waals surface area contributed by atoms with E-state index in [0.717, 1.165) is 0 Å². The van der Waals surface area contributed by atoms with Crippen LogP contribution in [0.4, 0.5) is 0 Å². The molecule has 0 nitrogen and oxygen atoms in total. The average molecular weight is 190 g/mol. The molecule has 2 aromatic rings. The molecule has 1 aromatic heterocycles. The van der Waals surface area contributed by atoms with Crippen LogP contribution in [-0.4, -0.2) is 0 Å². The first kappa shape index (κ1) is 8.84. The highest BCUT2D eigenvalue weighted by Crippen LogP contribution is 2.50. The lowest BCUT2D eigenvalue weighted by Gasteiger charge is -2.18. The van der Waals surface area contributed by atoms with Crippen molar-refractivity contribution >= 4 is 18.0 Å². The van der Waals surface area contributed by atoms with E-state index in [1.807, 2.05) is 0 Å². The molecule has 1 atom stereocenters. The lowest BCUT2D eigenvalue weighted by atomic mass is 10.3. The zero-order chi connectivity index (χ0) is 9.47. The predicted molar refractivity (Wildman–Crippen MR) is 61.7 cm³/mol. The predicted octanol–water partition coefficient (Wildman–Crippen LogP) is 4.58. The second-order valence-corrected chi connectivity index (χ2v) is 7.28. The van der Waals surface area contributed by atoms with E-state index in [0.29, 0.717) is 5.16 Å². The summed E-state index contributed by atoms with van der Waals surface area (Å²) in [5.74, 6) is 2.39. The molecule has 0 aliphatic heterocycles. The highest BCUT2D eigenvalue weighted by molar-refractivity contribution is 7.56. The third-order valence-electron chi connectivity index (χ3n) is 2.32. The molecule has 0 spiro atoms. The van der Waals surface area contributed by atoms with E-state index in [-0.39, 0.29) is 7.53 Å². The molecule has 1 heterocycles. The largest absolute Gasteiger partial charge is 0.111 e. The van der Waals surface area contributed by atoms with E-state index < -0.39 is 0 Å². The van der Waals surface area contributed by atoms with Gasteiger partial charge in [-0.1, -0.05) is 51.1 Å². The number of benzene rings is 1. The number of rotatable bonds is 0. The molecule has 2 rings (SSSR count). The minimum atomic E-state index is -0.0826. The molecule has 0 saturated heterocycles. The monoisotopic (exact) mass is 190 g/mol. The van der Waals surface area contributed by atoms with Gasteiger partial charge in [0.2, 0.25) is 0 Å². The van der Waals surface area contributed by atoms with Crippen molar-refractivity contribution in [1.29, 1.82) is 0 Å². The van der Waals surface area contributed by atoms with Gasteiger partial charge >= 0.3 is 0 Å². The van der Waals surface area contributed by atoms with E-state index in [2.05, 4.69) is 56.9 Å². The molecule has 13 heavy (non-hydrogen) atoms. The van der Waals surface area contributed by atoms with Crippen molar-refractivity contribution < 1.29 is 0 Å². The summed E-state index contributed by atoms with van der Waals surface area (Å²) in [4.78, 5) is 0. The van der Waals surface area contributed by atoms with Crippen LogP contribution in [0.25, 0.3) is 10.5 Å². The molecule has 0 bridgehead atoms. The van der Waals surface area contributed by atoms with Gasteiger partial charge in [-0.15, -0.1) is 7.53 Å². The van der Waals surface area contributed by atoms with Gasteiger partial charge in [0.05, 0.1) is 0 Å². The molecule has 0 amide bonds. The minimum Gasteiger partial charge on any atom is -0.111 e. The molecule has 0 aliphatic carbocycles. The second-order valence-electron chi connectivity index (χ2n) is 4.42. The molecule has 0 N–H and O–H groups in total. The smallest absolute Gasteiger partial charge is 0.00167 e. The van der Waals surface area contributed by atoms with Crippen LogP contribution in [0.5, 0.6) is 0 Å². The molecule has 0 fully saturated rings.